The maximum atomic E-state index is 6.33. The number of benzene rings is 1. The van der Waals surface area contributed by atoms with E-state index in [2.05, 4.69) is 13.8 Å². The number of fused-ring (bicyclic) bond motifs is 1. The molecule has 1 aromatic rings. The highest BCUT2D eigenvalue weighted by molar-refractivity contribution is 5.44. The molecule has 1 saturated carbocycles. The number of ether oxygens (including phenoxy) is 2. The molecule has 0 saturated heterocycles. The maximum Gasteiger partial charge on any atom is 0.125 e. The summed E-state index contributed by atoms with van der Waals surface area (Å²) in [6.07, 6.45) is 3.35. The van der Waals surface area contributed by atoms with Crippen LogP contribution in [0, 0.1) is 5.41 Å². The molecule has 98 valence electrons. The van der Waals surface area contributed by atoms with Crippen LogP contribution in [0.4, 0.5) is 0 Å². The Morgan fingerprint density at radius 2 is 2.06 bits per heavy atom. The fraction of sp³-hybridized carbons (Fsp3) is 0.600. The van der Waals surface area contributed by atoms with Crippen molar-refractivity contribution in [3.8, 4) is 11.5 Å². The average Bonchev–Trinajstić information content (AvgIpc) is 3.09. The van der Waals surface area contributed by atoms with Gasteiger partial charge in [-0.15, -0.1) is 0 Å². The van der Waals surface area contributed by atoms with Crippen LogP contribution in [0.1, 0.15) is 44.7 Å². The molecule has 1 aromatic carbocycles. The van der Waals surface area contributed by atoms with Crippen molar-refractivity contribution < 1.29 is 9.47 Å². The van der Waals surface area contributed by atoms with Gasteiger partial charge in [-0.3, -0.25) is 0 Å². The first-order valence-electron chi connectivity index (χ1n) is 6.60. The number of methoxy groups -OCH3 is 1. The first-order valence-corrected chi connectivity index (χ1v) is 6.60. The van der Waals surface area contributed by atoms with Crippen LogP contribution < -0.4 is 15.2 Å². The third-order valence-electron chi connectivity index (χ3n) is 4.84. The maximum absolute atomic E-state index is 6.33. The van der Waals surface area contributed by atoms with E-state index in [1.807, 2.05) is 18.2 Å². The van der Waals surface area contributed by atoms with E-state index < -0.39 is 0 Å². The van der Waals surface area contributed by atoms with Crippen molar-refractivity contribution in [3.05, 3.63) is 23.8 Å². The topological polar surface area (TPSA) is 44.5 Å². The molecule has 3 rings (SSSR count). The fourth-order valence-electron chi connectivity index (χ4n) is 2.94. The van der Waals surface area contributed by atoms with Gasteiger partial charge in [-0.1, -0.05) is 6.92 Å². The second-order valence-corrected chi connectivity index (χ2v) is 6.11. The predicted octanol–water partition coefficient (Wildman–Crippen LogP) is 3.04. The second-order valence-electron chi connectivity index (χ2n) is 6.11. The highest BCUT2D eigenvalue weighted by atomic mass is 16.5. The Morgan fingerprint density at radius 3 is 2.67 bits per heavy atom. The summed E-state index contributed by atoms with van der Waals surface area (Å²) in [5, 5.41) is 0. The monoisotopic (exact) mass is 247 g/mol. The highest BCUT2D eigenvalue weighted by Gasteiger charge is 2.57. The molecular weight excluding hydrogens is 226 g/mol. The molecule has 1 heterocycles. The molecule has 0 bridgehead atoms. The highest BCUT2D eigenvalue weighted by Crippen LogP contribution is 2.59. The quantitative estimate of drug-likeness (QED) is 0.873. The van der Waals surface area contributed by atoms with Gasteiger partial charge in [-0.25, -0.2) is 0 Å². The minimum Gasteiger partial charge on any atom is -0.497 e. The van der Waals surface area contributed by atoms with Crippen molar-refractivity contribution in [1.82, 2.24) is 0 Å². The standard InChI is InChI=1S/C15H21NO2/c1-14(6-7-14)15(2)9-12(16)11-8-10(17-3)4-5-13(11)18-15/h4-5,8,12H,6-7,9,16H2,1-3H3/t12-,15?/m0/s1. The van der Waals surface area contributed by atoms with Crippen LogP contribution in [-0.2, 0) is 0 Å². The Balaban J connectivity index is 1.98. The lowest BCUT2D eigenvalue weighted by Gasteiger charge is -2.43. The van der Waals surface area contributed by atoms with Gasteiger partial charge in [0, 0.05) is 23.4 Å². The first-order chi connectivity index (χ1) is 8.47. The number of hydrogen-bond acceptors (Lipinski definition) is 3. The molecular formula is C15H21NO2. The molecule has 3 heteroatoms. The lowest BCUT2D eigenvalue weighted by molar-refractivity contribution is -0.00902. The third-order valence-corrected chi connectivity index (χ3v) is 4.84. The number of hydrogen-bond donors (Lipinski definition) is 1. The molecule has 1 aliphatic carbocycles. The molecule has 18 heavy (non-hydrogen) atoms. The van der Waals surface area contributed by atoms with E-state index in [0.29, 0.717) is 5.41 Å². The average molecular weight is 247 g/mol. The molecule has 0 radical (unpaired) electrons. The van der Waals surface area contributed by atoms with Crippen LogP contribution in [0.5, 0.6) is 11.5 Å². The lowest BCUT2D eigenvalue weighted by Crippen LogP contribution is -2.46. The Labute approximate surface area is 108 Å². The molecule has 3 nitrogen and oxygen atoms in total. The molecule has 2 N–H and O–H groups in total. The van der Waals surface area contributed by atoms with Crippen LogP contribution >= 0.6 is 0 Å². The van der Waals surface area contributed by atoms with E-state index in [-0.39, 0.29) is 11.6 Å². The van der Waals surface area contributed by atoms with E-state index in [0.717, 1.165) is 23.5 Å². The zero-order valence-corrected chi connectivity index (χ0v) is 11.3. The SMILES string of the molecule is COc1ccc2c(c1)[C@@H](N)CC(C)(C1(C)CC1)O2. The zero-order chi connectivity index (χ0) is 13.0. The normalized spacial score (nSPS) is 32.3. The van der Waals surface area contributed by atoms with Crippen molar-refractivity contribution in [2.45, 2.75) is 44.8 Å². The molecule has 1 fully saturated rings. The minimum atomic E-state index is -0.131. The van der Waals surface area contributed by atoms with Crippen molar-refractivity contribution in [2.75, 3.05) is 7.11 Å². The summed E-state index contributed by atoms with van der Waals surface area (Å²) in [5.41, 5.74) is 7.56. The summed E-state index contributed by atoms with van der Waals surface area (Å²) in [5.74, 6) is 1.76. The Hall–Kier alpha value is -1.22. The molecule has 0 amide bonds. The van der Waals surface area contributed by atoms with Gasteiger partial charge in [-0.2, -0.15) is 0 Å². The minimum absolute atomic E-state index is 0.0336. The van der Waals surface area contributed by atoms with E-state index in [9.17, 15) is 0 Å². The van der Waals surface area contributed by atoms with Gasteiger partial charge >= 0.3 is 0 Å². The Kier molecular flexibility index (Phi) is 2.39. The van der Waals surface area contributed by atoms with Crippen LogP contribution in [0.25, 0.3) is 0 Å². The molecule has 2 aliphatic rings. The zero-order valence-electron chi connectivity index (χ0n) is 11.3. The third kappa shape index (κ3) is 1.61. The van der Waals surface area contributed by atoms with Crippen molar-refractivity contribution >= 4 is 0 Å². The summed E-state index contributed by atoms with van der Waals surface area (Å²) in [4.78, 5) is 0. The number of nitrogens with two attached hydrogens (primary N) is 1. The smallest absolute Gasteiger partial charge is 0.125 e. The molecule has 0 spiro atoms. The number of rotatable bonds is 2. The lowest BCUT2D eigenvalue weighted by atomic mass is 9.78. The van der Waals surface area contributed by atoms with Crippen LogP contribution in [-0.4, -0.2) is 12.7 Å². The fourth-order valence-corrected chi connectivity index (χ4v) is 2.94. The van der Waals surface area contributed by atoms with Crippen LogP contribution in [0.15, 0.2) is 18.2 Å². The molecule has 1 unspecified atom stereocenters. The van der Waals surface area contributed by atoms with Crippen LogP contribution in [0.2, 0.25) is 0 Å². The second kappa shape index (κ2) is 3.64. The molecule has 0 aromatic heterocycles. The Morgan fingerprint density at radius 1 is 1.33 bits per heavy atom. The van der Waals surface area contributed by atoms with Gasteiger partial charge in [-0.05, 0) is 38.0 Å². The van der Waals surface area contributed by atoms with Crippen LogP contribution in [0.3, 0.4) is 0 Å². The van der Waals surface area contributed by atoms with E-state index in [4.69, 9.17) is 15.2 Å². The first kappa shape index (κ1) is 11.8. The summed E-state index contributed by atoms with van der Waals surface area (Å²) in [6, 6.07) is 5.95. The molecule has 1 aliphatic heterocycles. The summed E-state index contributed by atoms with van der Waals surface area (Å²) in [7, 11) is 1.67. The molecule has 2 atom stereocenters. The van der Waals surface area contributed by atoms with Crippen molar-refractivity contribution in [2.24, 2.45) is 11.1 Å². The van der Waals surface area contributed by atoms with Crippen molar-refractivity contribution in [3.63, 3.8) is 0 Å². The van der Waals surface area contributed by atoms with E-state index in [1.54, 1.807) is 7.11 Å². The largest absolute Gasteiger partial charge is 0.497 e. The van der Waals surface area contributed by atoms with Gasteiger partial charge in [0.15, 0.2) is 0 Å². The van der Waals surface area contributed by atoms with Gasteiger partial charge < -0.3 is 15.2 Å². The summed E-state index contributed by atoms with van der Waals surface area (Å²) >= 11 is 0. The van der Waals surface area contributed by atoms with Crippen molar-refractivity contribution in [1.29, 1.82) is 0 Å². The van der Waals surface area contributed by atoms with Gasteiger partial charge in [0.1, 0.15) is 17.1 Å². The summed E-state index contributed by atoms with van der Waals surface area (Å²) in [6.45, 7) is 4.50. The van der Waals surface area contributed by atoms with Gasteiger partial charge in [0.2, 0.25) is 0 Å². The van der Waals surface area contributed by atoms with E-state index >= 15 is 0 Å². The van der Waals surface area contributed by atoms with Gasteiger partial charge in [0.25, 0.3) is 0 Å². The Bertz CT molecular complexity index is 481. The predicted molar refractivity (Wildman–Crippen MR) is 70.9 cm³/mol. The van der Waals surface area contributed by atoms with Gasteiger partial charge in [0.05, 0.1) is 7.11 Å². The van der Waals surface area contributed by atoms with E-state index in [1.165, 1.54) is 12.8 Å². The summed E-state index contributed by atoms with van der Waals surface area (Å²) < 4.78 is 11.5.